The number of hydrogen-bond acceptors (Lipinski definition) is 4. The van der Waals surface area contributed by atoms with Gasteiger partial charge in [-0.1, -0.05) is 37.6 Å². The largest absolute Gasteiger partial charge is 0.373 e. The van der Waals surface area contributed by atoms with Crippen LogP contribution in [-0.2, 0) is 6.42 Å². The van der Waals surface area contributed by atoms with Gasteiger partial charge in [-0.3, -0.25) is 0 Å². The van der Waals surface area contributed by atoms with Gasteiger partial charge in [-0.2, -0.15) is 0 Å². The molecule has 1 unspecified atom stereocenters. The minimum atomic E-state index is 0.210. The highest BCUT2D eigenvalue weighted by Gasteiger charge is 2.14. The first-order valence-electron chi connectivity index (χ1n) is 7.51. The van der Waals surface area contributed by atoms with Crippen LogP contribution >= 0.6 is 0 Å². The number of aryl methyl sites for hydroxylation is 1. The fraction of sp³-hybridized carbons (Fsp3) is 0.412. The Morgan fingerprint density at radius 2 is 1.86 bits per heavy atom. The van der Waals surface area contributed by atoms with Crippen molar-refractivity contribution in [3.05, 3.63) is 47.3 Å². The Morgan fingerprint density at radius 3 is 2.52 bits per heavy atom. The van der Waals surface area contributed by atoms with E-state index in [0.717, 1.165) is 30.0 Å². The molecule has 1 aromatic carbocycles. The molecule has 2 N–H and O–H groups in total. The van der Waals surface area contributed by atoms with Crippen LogP contribution in [0.2, 0.25) is 0 Å². The van der Waals surface area contributed by atoms with Crippen molar-refractivity contribution in [3.8, 4) is 0 Å². The number of benzene rings is 1. The van der Waals surface area contributed by atoms with E-state index < -0.39 is 0 Å². The van der Waals surface area contributed by atoms with Gasteiger partial charge in [-0.05, 0) is 31.4 Å². The van der Waals surface area contributed by atoms with E-state index in [0.29, 0.717) is 0 Å². The van der Waals surface area contributed by atoms with Crippen molar-refractivity contribution in [1.82, 2.24) is 9.97 Å². The van der Waals surface area contributed by atoms with E-state index in [1.165, 1.54) is 11.1 Å². The topological polar surface area (TPSA) is 49.8 Å². The van der Waals surface area contributed by atoms with E-state index in [-0.39, 0.29) is 6.04 Å². The average Bonchev–Trinajstić information content (AvgIpc) is 2.49. The molecule has 1 aromatic heterocycles. The second kappa shape index (κ2) is 7.07. The van der Waals surface area contributed by atoms with Crippen molar-refractivity contribution in [3.63, 3.8) is 0 Å². The average molecular weight is 284 g/mol. The van der Waals surface area contributed by atoms with Crippen LogP contribution < -0.4 is 10.6 Å². The summed E-state index contributed by atoms with van der Waals surface area (Å²) in [6.07, 6.45) is 3.63. The van der Waals surface area contributed by atoms with Crippen molar-refractivity contribution in [1.29, 1.82) is 0 Å². The first-order chi connectivity index (χ1) is 10.2. The summed E-state index contributed by atoms with van der Waals surface area (Å²) in [6.45, 7) is 6.47. The van der Waals surface area contributed by atoms with Gasteiger partial charge in [-0.15, -0.1) is 0 Å². The molecule has 0 fully saturated rings. The fourth-order valence-corrected chi connectivity index (χ4v) is 2.59. The van der Waals surface area contributed by atoms with E-state index in [2.05, 4.69) is 65.6 Å². The lowest BCUT2D eigenvalue weighted by atomic mass is 10.0. The Bertz CT molecular complexity index is 595. The number of rotatable bonds is 6. The first kappa shape index (κ1) is 15.3. The van der Waals surface area contributed by atoms with Gasteiger partial charge in [-0.25, -0.2) is 9.97 Å². The Labute approximate surface area is 127 Å². The number of nitrogens with one attached hydrogen (secondary N) is 2. The highest BCUT2D eigenvalue weighted by atomic mass is 15.1. The molecule has 21 heavy (non-hydrogen) atoms. The molecular formula is C17H24N4. The minimum absolute atomic E-state index is 0.210. The Hall–Kier alpha value is -2.10. The molecule has 2 rings (SSSR count). The van der Waals surface area contributed by atoms with Gasteiger partial charge in [0.1, 0.15) is 18.0 Å². The maximum absolute atomic E-state index is 4.44. The number of nitrogens with zero attached hydrogens (tertiary/aromatic N) is 2. The van der Waals surface area contributed by atoms with Crippen LogP contribution in [0.25, 0.3) is 0 Å². The molecule has 0 aliphatic rings. The third-order valence-electron chi connectivity index (χ3n) is 3.69. The monoisotopic (exact) mass is 284 g/mol. The van der Waals surface area contributed by atoms with Crippen LogP contribution in [0.3, 0.4) is 0 Å². The van der Waals surface area contributed by atoms with Gasteiger partial charge >= 0.3 is 0 Å². The molecule has 0 aliphatic heterocycles. The predicted molar refractivity (Wildman–Crippen MR) is 88.8 cm³/mol. The molecule has 0 spiro atoms. The van der Waals surface area contributed by atoms with Crippen molar-refractivity contribution in [2.45, 2.75) is 39.7 Å². The number of hydrogen-bond donors (Lipinski definition) is 2. The van der Waals surface area contributed by atoms with Crippen LogP contribution in [0.15, 0.2) is 30.6 Å². The van der Waals surface area contributed by atoms with Gasteiger partial charge in [0.2, 0.25) is 0 Å². The highest BCUT2D eigenvalue weighted by Crippen LogP contribution is 2.26. The van der Waals surface area contributed by atoms with Crippen LogP contribution in [0.1, 0.15) is 43.0 Å². The van der Waals surface area contributed by atoms with Crippen molar-refractivity contribution in [2.75, 3.05) is 17.7 Å². The van der Waals surface area contributed by atoms with E-state index >= 15 is 0 Å². The summed E-state index contributed by atoms with van der Waals surface area (Å²) >= 11 is 0. The molecule has 4 heteroatoms. The molecular weight excluding hydrogens is 260 g/mol. The van der Waals surface area contributed by atoms with Crippen LogP contribution in [-0.4, -0.2) is 17.0 Å². The second-order valence-corrected chi connectivity index (χ2v) is 5.27. The molecule has 0 radical (unpaired) electrons. The lowest BCUT2D eigenvalue weighted by Gasteiger charge is -2.20. The van der Waals surface area contributed by atoms with E-state index in [9.17, 15) is 0 Å². The zero-order chi connectivity index (χ0) is 15.2. The molecule has 0 aliphatic carbocycles. The Morgan fingerprint density at radius 1 is 1.14 bits per heavy atom. The van der Waals surface area contributed by atoms with Gasteiger partial charge in [0, 0.05) is 12.6 Å². The molecule has 2 aromatic rings. The SMILES string of the molecule is CCCc1c(NC)ncnc1NC(C)c1ccccc1C. The van der Waals surface area contributed by atoms with Gasteiger partial charge < -0.3 is 10.6 Å². The molecule has 0 bridgehead atoms. The van der Waals surface area contributed by atoms with Crippen molar-refractivity contribution < 1.29 is 0 Å². The smallest absolute Gasteiger partial charge is 0.135 e. The molecule has 0 saturated carbocycles. The fourth-order valence-electron chi connectivity index (χ4n) is 2.59. The number of anilines is 2. The van der Waals surface area contributed by atoms with Gasteiger partial charge in [0.25, 0.3) is 0 Å². The van der Waals surface area contributed by atoms with Crippen LogP contribution in [0.5, 0.6) is 0 Å². The van der Waals surface area contributed by atoms with E-state index in [1.54, 1.807) is 6.33 Å². The summed E-state index contributed by atoms with van der Waals surface area (Å²) < 4.78 is 0. The van der Waals surface area contributed by atoms with Crippen molar-refractivity contribution >= 4 is 11.6 Å². The third-order valence-corrected chi connectivity index (χ3v) is 3.69. The van der Waals surface area contributed by atoms with Gasteiger partial charge in [0.15, 0.2) is 0 Å². The molecule has 1 heterocycles. The Kier molecular flexibility index (Phi) is 5.14. The molecule has 112 valence electrons. The normalized spacial score (nSPS) is 12.0. The maximum atomic E-state index is 4.44. The summed E-state index contributed by atoms with van der Waals surface area (Å²) in [6, 6.07) is 8.65. The summed E-state index contributed by atoms with van der Waals surface area (Å²) in [5.74, 6) is 1.83. The van der Waals surface area contributed by atoms with E-state index in [4.69, 9.17) is 0 Å². The standard InChI is InChI=1S/C17H24N4/c1-5-8-15-16(18-4)19-11-20-17(15)21-13(3)14-10-7-6-9-12(14)2/h6-7,9-11,13H,5,8H2,1-4H3,(H2,18,19,20,21). The molecule has 4 nitrogen and oxygen atoms in total. The van der Waals surface area contributed by atoms with E-state index in [1.807, 2.05) is 7.05 Å². The first-order valence-corrected chi connectivity index (χ1v) is 7.51. The van der Waals surface area contributed by atoms with Gasteiger partial charge in [0.05, 0.1) is 6.04 Å². The lowest BCUT2D eigenvalue weighted by molar-refractivity contribution is 0.841. The minimum Gasteiger partial charge on any atom is -0.373 e. The summed E-state index contributed by atoms with van der Waals surface area (Å²) in [7, 11) is 1.90. The zero-order valence-corrected chi connectivity index (χ0v) is 13.3. The molecule has 0 amide bonds. The third kappa shape index (κ3) is 3.51. The summed E-state index contributed by atoms with van der Waals surface area (Å²) in [5, 5.41) is 6.69. The van der Waals surface area contributed by atoms with Crippen LogP contribution in [0, 0.1) is 6.92 Å². The lowest BCUT2D eigenvalue weighted by Crippen LogP contribution is -2.13. The van der Waals surface area contributed by atoms with Crippen LogP contribution in [0.4, 0.5) is 11.6 Å². The highest BCUT2D eigenvalue weighted by molar-refractivity contribution is 5.58. The number of aromatic nitrogens is 2. The Balaban J connectivity index is 2.29. The second-order valence-electron chi connectivity index (χ2n) is 5.27. The predicted octanol–water partition coefficient (Wildman–Crippen LogP) is 3.95. The molecule has 1 atom stereocenters. The zero-order valence-electron chi connectivity index (χ0n) is 13.3. The summed E-state index contributed by atoms with van der Waals surface area (Å²) in [4.78, 5) is 8.75. The molecule has 0 saturated heterocycles. The maximum Gasteiger partial charge on any atom is 0.135 e. The quantitative estimate of drug-likeness (QED) is 0.843. The summed E-state index contributed by atoms with van der Waals surface area (Å²) in [5.41, 5.74) is 3.74. The van der Waals surface area contributed by atoms with Crippen molar-refractivity contribution in [2.24, 2.45) is 0 Å².